The molecule has 0 spiro atoms. The third-order valence-electron chi connectivity index (χ3n) is 2.44. The SMILES string of the molecule is CNc1cc(N(C)Cc2csc(C)n2)nc(N)n1. The number of nitrogens with zero attached hydrogens (tertiary/aromatic N) is 4. The summed E-state index contributed by atoms with van der Waals surface area (Å²) in [6, 6.07) is 1.86. The lowest BCUT2D eigenvalue weighted by atomic mass is 10.4. The molecule has 0 aliphatic heterocycles. The number of thiazole rings is 1. The van der Waals surface area contributed by atoms with Crippen LogP contribution in [0.3, 0.4) is 0 Å². The van der Waals surface area contributed by atoms with Crippen molar-refractivity contribution < 1.29 is 0 Å². The van der Waals surface area contributed by atoms with Crippen LogP contribution in [0.15, 0.2) is 11.4 Å². The predicted molar refractivity (Wildman–Crippen MR) is 74.9 cm³/mol. The van der Waals surface area contributed by atoms with Crippen molar-refractivity contribution in [2.45, 2.75) is 13.5 Å². The maximum absolute atomic E-state index is 5.67. The molecule has 0 fully saturated rings. The minimum atomic E-state index is 0.262. The Morgan fingerprint density at radius 2 is 2.17 bits per heavy atom. The lowest BCUT2D eigenvalue weighted by molar-refractivity contribution is 0.867. The number of nitrogen functional groups attached to an aromatic ring is 1. The predicted octanol–water partition coefficient (Wildman–Crippen LogP) is 1.50. The number of hydrogen-bond donors (Lipinski definition) is 2. The van der Waals surface area contributed by atoms with Gasteiger partial charge in [0.05, 0.1) is 17.2 Å². The Balaban J connectivity index is 2.17. The third-order valence-corrected chi connectivity index (χ3v) is 3.27. The summed E-state index contributed by atoms with van der Waals surface area (Å²) in [6.07, 6.45) is 0. The van der Waals surface area contributed by atoms with Crippen molar-refractivity contribution in [1.29, 1.82) is 0 Å². The monoisotopic (exact) mass is 264 g/mol. The van der Waals surface area contributed by atoms with E-state index in [1.165, 1.54) is 0 Å². The Bertz CT molecular complexity index is 538. The topological polar surface area (TPSA) is 80.0 Å². The van der Waals surface area contributed by atoms with Crippen molar-refractivity contribution in [1.82, 2.24) is 15.0 Å². The maximum Gasteiger partial charge on any atom is 0.223 e. The van der Waals surface area contributed by atoms with Crippen LogP contribution in [0.1, 0.15) is 10.7 Å². The zero-order valence-corrected chi connectivity index (χ0v) is 11.5. The molecule has 0 atom stereocenters. The van der Waals surface area contributed by atoms with E-state index in [1.807, 2.05) is 24.9 Å². The highest BCUT2D eigenvalue weighted by atomic mass is 32.1. The zero-order valence-electron chi connectivity index (χ0n) is 10.6. The van der Waals surface area contributed by atoms with E-state index in [9.17, 15) is 0 Å². The van der Waals surface area contributed by atoms with Gasteiger partial charge in [0, 0.05) is 25.5 Å². The number of nitrogens with one attached hydrogen (secondary N) is 1. The van der Waals surface area contributed by atoms with Crippen LogP contribution in [0.5, 0.6) is 0 Å². The summed E-state index contributed by atoms with van der Waals surface area (Å²) in [4.78, 5) is 14.7. The van der Waals surface area contributed by atoms with Gasteiger partial charge in [0.1, 0.15) is 11.6 Å². The molecule has 0 aromatic carbocycles. The lowest BCUT2D eigenvalue weighted by Crippen LogP contribution is -2.19. The number of aryl methyl sites for hydroxylation is 1. The van der Waals surface area contributed by atoms with Gasteiger partial charge in [0.2, 0.25) is 5.95 Å². The number of anilines is 3. The molecule has 0 bridgehead atoms. The fraction of sp³-hybridized carbons (Fsp3) is 0.364. The van der Waals surface area contributed by atoms with Gasteiger partial charge in [0.15, 0.2) is 0 Å². The number of aromatic nitrogens is 3. The molecule has 2 aromatic rings. The van der Waals surface area contributed by atoms with Gasteiger partial charge >= 0.3 is 0 Å². The minimum absolute atomic E-state index is 0.262. The molecular weight excluding hydrogens is 248 g/mol. The molecule has 6 nitrogen and oxygen atoms in total. The normalized spacial score (nSPS) is 10.4. The highest BCUT2D eigenvalue weighted by molar-refractivity contribution is 7.09. The molecule has 2 rings (SSSR count). The van der Waals surface area contributed by atoms with E-state index in [4.69, 9.17) is 5.73 Å². The van der Waals surface area contributed by atoms with Gasteiger partial charge < -0.3 is 16.0 Å². The van der Waals surface area contributed by atoms with Crippen LogP contribution in [-0.4, -0.2) is 29.0 Å². The van der Waals surface area contributed by atoms with Gasteiger partial charge in [-0.25, -0.2) is 4.98 Å². The smallest absolute Gasteiger partial charge is 0.223 e. The summed E-state index contributed by atoms with van der Waals surface area (Å²) >= 11 is 1.64. The van der Waals surface area contributed by atoms with Crippen molar-refractivity contribution >= 4 is 28.9 Å². The average molecular weight is 264 g/mol. The summed E-state index contributed by atoms with van der Waals surface area (Å²) in [6.45, 7) is 2.69. The van der Waals surface area contributed by atoms with Crippen molar-refractivity contribution in [2.24, 2.45) is 0 Å². The quantitative estimate of drug-likeness (QED) is 0.871. The fourth-order valence-corrected chi connectivity index (χ4v) is 2.18. The van der Waals surface area contributed by atoms with Gasteiger partial charge in [-0.2, -0.15) is 9.97 Å². The molecule has 0 aliphatic rings. The molecule has 18 heavy (non-hydrogen) atoms. The van der Waals surface area contributed by atoms with Crippen molar-refractivity contribution in [3.63, 3.8) is 0 Å². The Labute approximate surface area is 110 Å². The number of hydrogen-bond acceptors (Lipinski definition) is 7. The van der Waals surface area contributed by atoms with Crippen LogP contribution in [0, 0.1) is 6.92 Å². The first-order chi connectivity index (χ1) is 8.58. The average Bonchev–Trinajstić information content (AvgIpc) is 2.73. The van der Waals surface area contributed by atoms with E-state index in [0.717, 1.165) is 16.5 Å². The van der Waals surface area contributed by atoms with Crippen LogP contribution >= 0.6 is 11.3 Å². The van der Waals surface area contributed by atoms with Gasteiger partial charge in [-0.3, -0.25) is 0 Å². The van der Waals surface area contributed by atoms with Crippen molar-refractivity contribution in [3.8, 4) is 0 Å². The number of rotatable bonds is 4. The van der Waals surface area contributed by atoms with Gasteiger partial charge in [-0.1, -0.05) is 0 Å². The van der Waals surface area contributed by atoms with Gasteiger partial charge in [-0.05, 0) is 6.92 Å². The van der Waals surface area contributed by atoms with Crippen molar-refractivity contribution in [2.75, 3.05) is 30.0 Å². The highest BCUT2D eigenvalue weighted by Gasteiger charge is 2.08. The molecule has 0 aliphatic carbocycles. The Kier molecular flexibility index (Phi) is 3.61. The summed E-state index contributed by atoms with van der Waals surface area (Å²) < 4.78 is 0. The molecular formula is C11H16N6S. The maximum atomic E-state index is 5.67. The molecule has 2 aromatic heterocycles. The van der Waals surface area contributed by atoms with E-state index in [0.29, 0.717) is 12.4 Å². The van der Waals surface area contributed by atoms with Crippen LogP contribution in [-0.2, 0) is 6.54 Å². The van der Waals surface area contributed by atoms with Crippen LogP contribution in [0.25, 0.3) is 0 Å². The summed E-state index contributed by atoms with van der Waals surface area (Å²) in [5, 5.41) is 6.08. The minimum Gasteiger partial charge on any atom is -0.373 e. The van der Waals surface area contributed by atoms with E-state index < -0.39 is 0 Å². The number of nitrogens with two attached hydrogens (primary N) is 1. The first-order valence-electron chi connectivity index (χ1n) is 5.53. The lowest BCUT2D eigenvalue weighted by Gasteiger charge is -2.17. The van der Waals surface area contributed by atoms with E-state index in [-0.39, 0.29) is 5.95 Å². The second kappa shape index (κ2) is 5.18. The third kappa shape index (κ3) is 2.86. The summed E-state index contributed by atoms with van der Waals surface area (Å²) in [5.41, 5.74) is 6.70. The van der Waals surface area contributed by atoms with E-state index in [1.54, 1.807) is 18.4 Å². The standard InChI is InChI=1S/C11H16N6S/c1-7-14-8(6-18-7)5-17(3)10-4-9(13-2)15-11(12)16-10/h4,6H,5H2,1-3H3,(H3,12,13,15,16). The second-order valence-electron chi connectivity index (χ2n) is 3.93. The van der Waals surface area contributed by atoms with E-state index in [2.05, 4.69) is 25.6 Å². The fourth-order valence-electron chi connectivity index (χ4n) is 1.58. The van der Waals surface area contributed by atoms with E-state index >= 15 is 0 Å². The Morgan fingerprint density at radius 1 is 1.39 bits per heavy atom. The molecule has 0 radical (unpaired) electrons. The van der Waals surface area contributed by atoms with Crippen LogP contribution in [0.4, 0.5) is 17.6 Å². The van der Waals surface area contributed by atoms with Crippen LogP contribution < -0.4 is 16.0 Å². The van der Waals surface area contributed by atoms with Crippen LogP contribution in [0.2, 0.25) is 0 Å². The molecule has 3 N–H and O–H groups in total. The largest absolute Gasteiger partial charge is 0.373 e. The first kappa shape index (κ1) is 12.6. The molecule has 0 saturated carbocycles. The zero-order chi connectivity index (χ0) is 13.1. The van der Waals surface area contributed by atoms with Gasteiger partial charge in [0.25, 0.3) is 0 Å². The highest BCUT2D eigenvalue weighted by Crippen LogP contribution is 2.18. The summed E-state index contributed by atoms with van der Waals surface area (Å²) in [7, 11) is 3.76. The Hall–Kier alpha value is -1.89. The van der Waals surface area contributed by atoms with Crippen molar-refractivity contribution in [3.05, 3.63) is 22.1 Å². The molecule has 0 amide bonds. The molecule has 7 heteroatoms. The second-order valence-corrected chi connectivity index (χ2v) is 5.00. The Morgan fingerprint density at radius 3 is 2.78 bits per heavy atom. The molecule has 0 saturated heterocycles. The van der Waals surface area contributed by atoms with Gasteiger partial charge in [-0.15, -0.1) is 11.3 Å². The first-order valence-corrected chi connectivity index (χ1v) is 6.41. The molecule has 96 valence electrons. The summed E-state index contributed by atoms with van der Waals surface area (Å²) in [5.74, 6) is 1.74. The molecule has 2 heterocycles. The molecule has 0 unspecified atom stereocenters.